The number of benzene rings is 2. The number of hydrogen-bond donors (Lipinski definition) is 1. The zero-order valence-electron chi connectivity index (χ0n) is 13.6. The van der Waals surface area contributed by atoms with Crippen LogP contribution in [-0.4, -0.2) is 30.5 Å². The summed E-state index contributed by atoms with van der Waals surface area (Å²) in [6.07, 6.45) is 0. The first-order valence-corrected chi connectivity index (χ1v) is 7.33. The third-order valence-electron chi connectivity index (χ3n) is 3.23. The van der Waals surface area contributed by atoms with Gasteiger partial charge in [-0.2, -0.15) is 0 Å². The predicted octanol–water partition coefficient (Wildman–Crippen LogP) is 3.10. The largest absolute Gasteiger partial charge is 0.497 e. The molecular weight excluding hydrogens is 310 g/mol. The highest BCUT2D eigenvalue weighted by Crippen LogP contribution is 2.14. The van der Waals surface area contributed by atoms with Crippen LogP contribution in [0.15, 0.2) is 53.7 Å². The Morgan fingerprint density at radius 3 is 2.25 bits per heavy atom. The van der Waals surface area contributed by atoms with E-state index in [1.165, 1.54) is 0 Å². The van der Waals surface area contributed by atoms with E-state index in [9.17, 15) is 4.79 Å². The average Bonchev–Trinajstić information content (AvgIpc) is 2.61. The van der Waals surface area contributed by atoms with Crippen molar-refractivity contribution in [2.75, 3.05) is 13.7 Å². The Morgan fingerprint density at radius 2 is 1.67 bits per heavy atom. The van der Waals surface area contributed by atoms with Gasteiger partial charge in [0.1, 0.15) is 18.1 Å². The van der Waals surface area contributed by atoms with Crippen molar-refractivity contribution in [2.24, 2.45) is 5.16 Å². The van der Waals surface area contributed by atoms with Crippen LogP contribution in [0.5, 0.6) is 11.5 Å². The molecule has 2 aromatic carbocycles. The second-order valence-corrected chi connectivity index (χ2v) is 5.01. The number of ether oxygens (including phenoxy) is 2. The molecule has 2 aromatic rings. The van der Waals surface area contributed by atoms with Gasteiger partial charge in [0.25, 0.3) is 0 Å². The highest BCUT2D eigenvalue weighted by molar-refractivity contribution is 5.98. The molecule has 0 heterocycles. The molecule has 0 fully saturated rings. The fraction of sp³-hybridized carbons (Fsp3) is 0.222. The van der Waals surface area contributed by atoms with Gasteiger partial charge in [0.15, 0.2) is 6.61 Å². The van der Waals surface area contributed by atoms with Crippen LogP contribution >= 0.6 is 0 Å². The lowest BCUT2D eigenvalue weighted by Crippen LogP contribution is -2.09. The molecule has 6 nitrogen and oxygen atoms in total. The summed E-state index contributed by atoms with van der Waals surface area (Å²) in [5, 5.41) is 12.7. The number of oxime groups is 1. The number of nitrogens with zero attached hydrogens (tertiary/aromatic N) is 1. The zero-order valence-corrected chi connectivity index (χ0v) is 13.6. The molecular formula is C18H19NO5. The van der Waals surface area contributed by atoms with Gasteiger partial charge in [-0.05, 0) is 54.4 Å². The lowest BCUT2D eigenvalue weighted by Gasteiger charge is -2.06. The predicted molar refractivity (Wildman–Crippen MR) is 89.6 cm³/mol. The molecule has 0 aliphatic rings. The maximum absolute atomic E-state index is 10.5. The topological polar surface area (TPSA) is 77.3 Å². The Kier molecular flexibility index (Phi) is 6.19. The van der Waals surface area contributed by atoms with Gasteiger partial charge in [-0.25, -0.2) is 4.79 Å². The van der Waals surface area contributed by atoms with Crippen molar-refractivity contribution in [1.82, 2.24) is 0 Å². The maximum atomic E-state index is 10.5. The van der Waals surface area contributed by atoms with Crippen molar-refractivity contribution in [3.8, 4) is 11.5 Å². The van der Waals surface area contributed by atoms with Crippen LogP contribution < -0.4 is 9.47 Å². The molecule has 0 unspecified atom stereocenters. The van der Waals surface area contributed by atoms with Crippen LogP contribution in [0.25, 0.3) is 0 Å². The van der Waals surface area contributed by atoms with Crippen molar-refractivity contribution in [3.05, 3.63) is 59.7 Å². The SMILES string of the molecule is COc1ccc(CO/N=C(\C)c2ccc(OCC(=O)O)cc2)cc1. The highest BCUT2D eigenvalue weighted by atomic mass is 16.6. The van der Waals surface area contributed by atoms with E-state index in [0.717, 1.165) is 16.9 Å². The number of carboxylic acids is 1. The molecule has 2 rings (SSSR count). The standard InChI is InChI=1S/C18H19NO5/c1-13(15-5-9-17(10-6-15)23-12-18(20)21)19-24-11-14-3-7-16(22-2)8-4-14/h3-10H,11-12H2,1-2H3,(H,20,21)/b19-13+. The zero-order chi connectivity index (χ0) is 17.4. The average molecular weight is 329 g/mol. The van der Waals surface area contributed by atoms with Gasteiger partial charge >= 0.3 is 5.97 Å². The molecule has 126 valence electrons. The van der Waals surface area contributed by atoms with E-state index in [1.807, 2.05) is 31.2 Å². The summed E-state index contributed by atoms with van der Waals surface area (Å²) in [5.74, 6) is 0.278. The molecule has 0 atom stereocenters. The molecule has 0 spiro atoms. The van der Waals surface area contributed by atoms with E-state index in [2.05, 4.69) is 5.16 Å². The fourth-order valence-corrected chi connectivity index (χ4v) is 1.92. The van der Waals surface area contributed by atoms with Crippen LogP contribution in [0.3, 0.4) is 0 Å². The molecule has 0 aliphatic carbocycles. The molecule has 0 saturated heterocycles. The van der Waals surface area contributed by atoms with E-state index in [-0.39, 0.29) is 6.61 Å². The monoisotopic (exact) mass is 329 g/mol. The molecule has 0 radical (unpaired) electrons. The lowest BCUT2D eigenvalue weighted by molar-refractivity contribution is -0.139. The van der Waals surface area contributed by atoms with Gasteiger partial charge in [0.05, 0.1) is 12.8 Å². The van der Waals surface area contributed by atoms with Crippen molar-refractivity contribution < 1.29 is 24.2 Å². The van der Waals surface area contributed by atoms with E-state index < -0.39 is 5.97 Å². The molecule has 0 aromatic heterocycles. The summed E-state index contributed by atoms with van der Waals surface area (Å²) < 4.78 is 10.2. The summed E-state index contributed by atoms with van der Waals surface area (Å²) in [6, 6.07) is 14.5. The van der Waals surface area contributed by atoms with Crippen molar-refractivity contribution in [2.45, 2.75) is 13.5 Å². The summed E-state index contributed by atoms with van der Waals surface area (Å²) in [7, 11) is 1.62. The van der Waals surface area contributed by atoms with Gasteiger partial charge in [-0.1, -0.05) is 17.3 Å². The van der Waals surface area contributed by atoms with E-state index in [1.54, 1.807) is 31.4 Å². The minimum Gasteiger partial charge on any atom is -0.497 e. The molecule has 0 bridgehead atoms. The molecule has 6 heteroatoms. The normalized spacial score (nSPS) is 11.0. The van der Waals surface area contributed by atoms with Crippen LogP contribution in [-0.2, 0) is 16.2 Å². The van der Waals surface area contributed by atoms with Gasteiger partial charge in [0.2, 0.25) is 0 Å². The second-order valence-electron chi connectivity index (χ2n) is 5.01. The van der Waals surface area contributed by atoms with E-state index in [4.69, 9.17) is 19.4 Å². The van der Waals surface area contributed by atoms with Crippen molar-refractivity contribution in [3.63, 3.8) is 0 Å². The number of hydrogen-bond acceptors (Lipinski definition) is 5. The second kappa shape index (κ2) is 8.57. The Hall–Kier alpha value is -3.02. The summed E-state index contributed by atoms with van der Waals surface area (Å²) >= 11 is 0. The number of rotatable bonds is 8. The van der Waals surface area contributed by atoms with Crippen molar-refractivity contribution >= 4 is 11.7 Å². The maximum Gasteiger partial charge on any atom is 0.341 e. The first-order chi connectivity index (χ1) is 11.6. The van der Waals surface area contributed by atoms with Gasteiger partial charge in [-0.15, -0.1) is 0 Å². The number of aliphatic carboxylic acids is 1. The van der Waals surface area contributed by atoms with Crippen LogP contribution in [0.1, 0.15) is 18.1 Å². The van der Waals surface area contributed by atoms with E-state index in [0.29, 0.717) is 18.1 Å². The molecule has 0 aliphatic heterocycles. The summed E-state index contributed by atoms with van der Waals surface area (Å²) in [6.45, 7) is 1.83. The Bertz CT molecular complexity index is 692. The molecule has 0 amide bonds. The first kappa shape index (κ1) is 17.3. The third kappa shape index (κ3) is 5.31. The summed E-state index contributed by atoms with van der Waals surface area (Å²) in [4.78, 5) is 15.8. The molecule has 1 N–H and O–H groups in total. The molecule has 24 heavy (non-hydrogen) atoms. The Labute approximate surface area is 140 Å². The smallest absolute Gasteiger partial charge is 0.341 e. The molecule has 0 saturated carbocycles. The summed E-state index contributed by atoms with van der Waals surface area (Å²) in [5.41, 5.74) is 2.57. The highest BCUT2D eigenvalue weighted by Gasteiger charge is 2.02. The Morgan fingerprint density at radius 1 is 1.04 bits per heavy atom. The minimum absolute atomic E-state index is 0.362. The number of carboxylic acid groups (broad SMARTS) is 1. The third-order valence-corrected chi connectivity index (χ3v) is 3.23. The lowest BCUT2D eigenvalue weighted by atomic mass is 10.1. The van der Waals surface area contributed by atoms with E-state index >= 15 is 0 Å². The minimum atomic E-state index is -1.01. The van der Waals surface area contributed by atoms with Crippen LogP contribution in [0.2, 0.25) is 0 Å². The fourth-order valence-electron chi connectivity index (χ4n) is 1.92. The number of carbonyl (C=O) groups is 1. The van der Waals surface area contributed by atoms with Crippen LogP contribution in [0.4, 0.5) is 0 Å². The first-order valence-electron chi connectivity index (χ1n) is 7.33. The van der Waals surface area contributed by atoms with Gasteiger partial charge in [-0.3, -0.25) is 0 Å². The van der Waals surface area contributed by atoms with Crippen LogP contribution in [0, 0.1) is 0 Å². The number of methoxy groups -OCH3 is 1. The Balaban J connectivity index is 1.88. The van der Waals surface area contributed by atoms with Gasteiger partial charge in [0, 0.05) is 0 Å². The quantitative estimate of drug-likeness (QED) is 0.595. The van der Waals surface area contributed by atoms with Crippen molar-refractivity contribution in [1.29, 1.82) is 0 Å². The van der Waals surface area contributed by atoms with Gasteiger partial charge < -0.3 is 19.4 Å².